The van der Waals surface area contributed by atoms with Crippen molar-refractivity contribution in [3.63, 3.8) is 0 Å². The van der Waals surface area contributed by atoms with Gasteiger partial charge in [0, 0.05) is 17.9 Å². The van der Waals surface area contributed by atoms with Crippen LogP contribution in [0.2, 0.25) is 0 Å². The number of H-pyrrole nitrogens is 1. The number of anilines is 2. The molecule has 0 fully saturated rings. The van der Waals surface area contributed by atoms with Crippen LogP contribution >= 0.6 is 11.8 Å². The number of aromatic amines is 1. The first-order valence-corrected chi connectivity index (χ1v) is 9.43. The fraction of sp³-hybridized carbons (Fsp3) is 0.263. The Balaban J connectivity index is 1.93. The second kappa shape index (κ2) is 7.79. The van der Waals surface area contributed by atoms with Crippen molar-refractivity contribution in [3.05, 3.63) is 57.9 Å². The lowest BCUT2D eigenvalue weighted by Gasteiger charge is -2.23. The molecule has 2 aromatic rings. The van der Waals surface area contributed by atoms with Gasteiger partial charge in [-0.1, -0.05) is 23.9 Å². The summed E-state index contributed by atoms with van der Waals surface area (Å²) in [7, 11) is 0. The van der Waals surface area contributed by atoms with Crippen molar-refractivity contribution < 1.29 is 9.59 Å². The minimum Gasteiger partial charge on any atom is -0.326 e. The summed E-state index contributed by atoms with van der Waals surface area (Å²) in [6.45, 7) is 7.49. The molecule has 1 atom stereocenters. The summed E-state index contributed by atoms with van der Waals surface area (Å²) < 4.78 is 0. The number of carbonyl (C=O) groups is 2. The largest absolute Gasteiger partial charge is 0.326 e. The van der Waals surface area contributed by atoms with E-state index in [2.05, 4.69) is 27.2 Å². The van der Waals surface area contributed by atoms with E-state index >= 15 is 0 Å². The van der Waals surface area contributed by atoms with Gasteiger partial charge in [0.25, 0.3) is 5.56 Å². The first kappa shape index (κ1) is 18.9. The predicted molar refractivity (Wildman–Crippen MR) is 106 cm³/mol. The van der Waals surface area contributed by atoms with E-state index in [1.165, 1.54) is 11.8 Å². The smallest absolute Gasteiger partial charge is 0.257 e. The maximum Gasteiger partial charge on any atom is 0.257 e. The van der Waals surface area contributed by atoms with Crippen molar-refractivity contribution in [2.24, 2.45) is 0 Å². The summed E-state index contributed by atoms with van der Waals surface area (Å²) in [5.41, 5.74) is 2.41. The number of rotatable bonds is 5. The molecule has 3 rings (SSSR count). The Hall–Kier alpha value is -2.87. The van der Waals surface area contributed by atoms with Crippen LogP contribution in [0, 0.1) is 13.8 Å². The van der Waals surface area contributed by atoms with Gasteiger partial charge >= 0.3 is 0 Å². The minimum absolute atomic E-state index is 0.104. The molecule has 1 aliphatic heterocycles. The molecule has 3 N–H and O–H groups in total. The topological polar surface area (TPSA) is 104 Å². The minimum atomic E-state index is -0.899. The molecule has 1 aromatic heterocycles. The third-order valence-corrected chi connectivity index (χ3v) is 4.94. The number of nitrogens with one attached hydrogen (secondary N) is 3. The number of aryl methyl sites for hydroxylation is 2. The normalized spacial score (nSPS) is 15.6. The van der Waals surface area contributed by atoms with Crippen LogP contribution in [-0.2, 0) is 9.59 Å². The average Bonchev–Trinajstić information content (AvgIpc) is 2.57. The van der Waals surface area contributed by atoms with Gasteiger partial charge in [-0.2, -0.15) is 0 Å². The fourth-order valence-corrected chi connectivity index (χ4v) is 3.65. The zero-order valence-corrected chi connectivity index (χ0v) is 15.9. The SMILES string of the molecule is C=CCSc1nc2c(c(=O)[nH]1)[C@@H](C(=O)Nc1cc(C)cc(C)c1)CC(=O)N2. The monoisotopic (exact) mass is 384 g/mol. The molecule has 2 amide bonds. The second-order valence-electron chi connectivity index (χ2n) is 6.40. The summed E-state index contributed by atoms with van der Waals surface area (Å²) in [5.74, 6) is -0.950. The number of amides is 2. The summed E-state index contributed by atoms with van der Waals surface area (Å²) in [6, 6.07) is 5.68. The second-order valence-corrected chi connectivity index (χ2v) is 7.41. The Labute approximate surface area is 160 Å². The van der Waals surface area contributed by atoms with E-state index in [4.69, 9.17) is 0 Å². The lowest BCUT2D eigenvalue weighted by atomic mass is 9.92. The number of thioether (sulfide) groups is 1. The van der Waals surface area contributed by atoms with Crippen molar-refractivity contribution >= 4 is 35.1 Å². The number of carbonyl (C=O) groups excluding carboxylic acids is 2. The van der Waals surface area contributed by atoms with Gasteiger partial charge < -0.3 is 15.6 Å². The number of hydrogen-bond donors (Lipinski definition) is 3. The standard InChI is InChI=1S/C19H20N4O3S/c1-4-5-27-19-22-16-15(18(26)23-19)13(9-14(24)21-16)17(25)20-12-7-10(2)6-11(3)8-12/h4,6-8,13H,1,5,9H2,2-3H3,(H,20,25)(H2,21,22,23,24,26)/t13-/m0/s1. The van der Waals surface area contributed by atoms with E-state index < -0.39 is 17.4 Å². The first-order valence-electron chi connectivity index (χ1n) is 8.44. The molecule has 0 saturated carbocycles. The molecule has 1 aliphatic rings. The average molecular weight is 384 g/mol. The van der Waals surface area contributed by atoms with Gasteiger partial charge in [-0.05, 0) is 37.1 Å². The van der Waals surface area contributed by atoms with Crippen molar-refractivity contribution in [3.8, 4) is 0 Å². The van der Waals surface area contributed by atoms with Crippen LogP contribution in [0.25, 0.3) is 0 Å². The van der Waals surface area contributed by atoms with Crippen LogP contribution < -0.4 is 16.2 Å². The van der Waals surface area contributed by atoms with Crippen molar-refractivity contribution in [1.82, 2.24) is 9.97 Å². The third kappa shape index (κ3) is 4.28. The first-order chi connectivity index (χ1) is 12.9. The maximum atomic E-state index is 12.8. The zero-order valence-electron chi connectivity index (χ0n) is 15.1. The number of benzene rings is 1. The van der Waals surface area contributed by atoms with E-state index in [0.29, 0.717) is 16.6 Å². The molecule has 2 heterocycles. The van der Waals surface area contributed by atoms with Crippen LogP contribution in [-0.4, -0.2) is 27.5 Å². The van der Waals surface area contributed by atoms with E-state index in [0.717, 1.165) is 11.1 Å². The number of aromatic nitrogens is 2. The molecule has 0 aliphatic carbocycles. The van der Waals surface area contributed by atoms with Gasteiger partial charge in [0.2, 0.25) is 11.8 Å². The van der Waals surface area contributed by atoms with Gasteiger partial charge in [0.1, 0.15) is 5.82 Å². The van der Waals surface area contributed by atoms with Crippen LogP contribution in [0.5, 0.6) is 0 Å². The Bertz CT molecular complexity index is 963. The van der Waals surface area contributed by atoms with Crippen molar-refractivity contribution in [2.45, 2.75) is 31.3 Å². The van der Waals surface area contributed by atoms with E-state index in [9.17, 15) is 14.4 Å². The van der Waals surface area contributed by atoms with E-state index in [1.54, 1.807) is 6.08 Å². The molecule has 8 heteroatoms. The summed E-state index contributed by atoms with van der Waals surface area (Å²) in [6.07, 6.45) is 1.58. The van der Waals surface area contributed by atoms with Gasteiger partial charge in [-0.3, -0.25) is 14.4 Å². The molecular formula is C19H20N4O3S. The van der Waals surface area contributed by atoms with Gasteiger partial charge in [-0.25, -0.2) is 4.98 Å². The number of nitrogens with zero attached hydrogens (tertiary/aromatic N) is 1. The lowest BCUT2D eigenvalue weighted by Crippen LogP contribution is -2.36. The molecule has 1 aromatic carbocycles. The molecule has 0 bridgehead atoms. The fourth-order valence-electron chi connectivity index (χ4n) is 3.06. The Kier molecular flexibility index (Phi) is 5.46. The Morgan fingerprint density at radius 2 is 2.04 bits per heavy atom. The third-order valence-electron chi connectivity index (χ3n) is 4.07. The molecule has 140 valence electrons. The quantitative estimate of drug-likeness (QED) is 0.418. The molecule has 0 spiro atoms. The van der Waals surface area contributed by atoms with Crippen molar-refractivity contribution in [1.29, 1.82) is 0 Å². The van der Waals surface area contributed by atoms with Crippen LogP contribution in [0.3, 0.4) is 0 Å². The lowest BCUT2D eigenvalue weighted by molar-refractivity contribution is -0.123. The highest BCUT2D eigenvalue weighted by atomic mass is 32.2. The summed E-state index contributed by atoms with van der Waals surface area (Å²) in [5, 5.41) is 5.78. The summed E-state index contributed by atoms with van der Waals surface area (Å²) in [4.78, 5) is 44.4. The van der Waals surface area contributed by atoms with E-state index in [-0.39, 0.29) is 23.7 Å². The van der Waals surface area contributed by atoms with Crippen molar-refractivity contribution in [2.75, 3.05) is 16.4 Å². The van der Waals surface area contributed by atoms with Crippen LogP contribution in [0.4, 0.5) is 11.5 Å². The molecule has 0 saturated heterocycles. The van der Waals surface area contributed by atoms with Gasteiger partial charge in [0.05, 0.1) is 11.5 Å². The Morgan fingerprint density at radius 1 is 1.33 bits per heavy atom. The highest BCUT2D eigenvalue weighted by molar-refractivity contribution is 7.99. The van der Waals surface area contributed by atoms with Gasteiger partial charge in [-0.15, -0.1) is 6.58 Å². The highest BCUT2D eigenvalue weighted by Gasteiger charge is 2.34. The van der Waals surface area contributed by atoms with Crippen LogP contribution in [0.15, 0.2) is 40.8 Å². The molecular weight excluding hydrogens is 364 g/mol. The maximum absolute atomic E-state index is 12.8. The molecule has 0 radical (unpaired) electrons. The van der Waals surface area contributed by atoms with E-state index in [1.807, 2.05) is 32.0 Å². The van der Waals surface area contributed by atoms with Gasteiger partial charge in [0.15, 0.2) is 5.16 Å². The molecule has 27 heavy (non-hydrogen) atoms. The Morgan fingerprint density at radius 3 is 2.70 bits per heavy atom. The summed E-state index contributed by atoms with van der Waals surface area (Å²) >= 11 is 1.29. The number of hydrogen-bond acceptors (Lipinski definition) is 5. The predicted octanol–water partition coefficient (Wildman–Crippen LogP) is 2.73. The highest BCUT2D eigenvalue weighted by Crippen LogP contribution is 2.30. The zero-order chi connectivity index (χ0) is 19.6. The molecule has 7 nitrogen and oxygen atoms in total. The number of fused-ring (bicyclic) bond motifs is 1. The van der Waals surface area contributed by atoms with Crippen LogP contribution in [0.1, 0.15) is 29.0 Å². The molecule has 0 unspecified atom stereocenters.